The molecule has 1 aliphatic heterocycles. The van der Waals surface area contributed by atoms with Gasteiger partial charge in [0.15, 0.2) is 11.5 Å². The average Bonchev–Trinajstić information content (AvgIpc) is 3.52. The zero-order valence-corrected chi connectivity index (χ0v) is 20.6. The number of benzene rings is 3. The first kappa shape index (κ1) is 22.1. The number of hydrogen-bond donors (Lipinski definition) is 0. The average molecular weight is 468 g/mol. The molecule has 5 heteroatoms. The summed E-state index contributed by atoms with van der Waals surface area (Å²) in [5.41, 5.74) is 5.63. The largest absolute Gasteiger partial charge is 0.493 e. The maximum absolute atomic E-state index is 5.49. The number of anilines is 1. The Balaban J connectivity index is 1.19. The van der Waals surface area contributed by atoms with Gasteiger partial charge in [0.05, 0.1) is 14.2 Å². The molecule has 0 saturated carbocycles. The highest BCUT2D eigenvalue weighted by Crippen LogP contribution is 2.37. The first-order chi connectivity index (χ1) is 17.2. The van der Waals surface area contributed by atoms with Crippen molar-refractivity contribution in [2.45, 2.75) is 25.4 Å². The Morgan fingerprint density at radius 3 is 2.49 bits per heavy atom. The fourth-order valence-electron chi connectivity index (χ4n) is 5.95. The van der Waals surface area contributed by atoms with Crippen LogP contribution in [0, 0.1) is 0 Å². The SMILES string of the molecule is COc1ccc(Cn2cc3cccc(N4CCN(C5CCc6ccccc65)CC4)c3c2)cc1OC. The van der Waals surface area contributed by atoms with Crippen molar-refractivity contribution in [3.8, 4) is 11.5 Å². The highest BCUT2D eigenvalue weighted by atomic mass is 16.5. The van der Waals surface area contributed by atoms with Gasteiger partial charge >= 0.3 is 0 Å². The van der Waals surface area contributed by atoms with Crippen molar-refractivity contribution in [3.63, 3.8) is 0 Å². The summed E-state index contributed by atoms with van der Waals surface area (Å²) >= 11 is 0. The molecular weight excluding hydrogens is 434 g/mol. The highest BCUT2D eigenvalue weighted by molar-refractivity contribution is 5.94. The molecule has 0 N–H and O–H groups in total. The lowest BCUT2D eigenvalue weighted by Gasteiger charge is -2.39. The van der Waals surface area contributed by atoms with Crippen molar-refractivity contribution in [2.75, 3.05) is 45.3 Å². The number of ether oxygens (including phenoxy) is 2. The minimum absolute atomic E-state index is 0.590. The van der Waals surface area contributed by atoms with Crippen LogP contribution in [0.15, 0.2) is 73.1 Å². The Morgan fingerprint density at radius 2 is 1.66 bits per heavy atom. The third-order valence-electron chi connectivity index (χ3n) is 7.73. The lowest BCUT2D eigenvalue weighted by Crippen LogP contribution is -2.47. The van der Waals surface area contributed by atoms with Crippen LogP contribution in [-0.4, -0.2) is 49.9 Å². The van der Waals surface area contributed by atoms with E-state index in [0.717, 1.165) is 44.2 Å². The van der Waals surface area contributed by atoms with Gasteiger partial charge in [-0.25, -0.2) is 0 Å². The third kappa shape index (κ3) is 4.14. The van der Waals surface area contributed by atoms with Gasteiger partial charge in [-0.2, -0.15) is 0 Å². The molecule has 2 aliphatic rings. The molecule has 0 radical (unpaired) electrons. The Kier molecular flexibility index (Phi) is 5.86. The zero-order chi connectivity index (χ0) is 23.8. The van der Waals surface area contributed by atoms with Crippen LogP contribution in [0.2, 0.25) is 0 Å². The van der Waals surface area contributed by atoms with Crippen molar-refractivity contribution in [3.05, 3.63) is 89.7 Å². The Hall–Kier alpha value is -3.44. The minimum atomic E-state index is 0.590. The number of piperazine rings is 1. The van der Waals surface area contributed by atoms with Crippen LogP contribution in [0.5, 0.6) is 11.5 Å². The van der Waals surface area contributed by atoms with E-state index >= 15 is 0 Å². The van der Waals surface area contributed by atoms with Gasteiger partial charge in [-0.3, -0.25) is 4.90 Å². The van der Waals surface area contributed by atoms with E-state index in [-0.39, 0.29) is 0 Å². The highest BCUT2D eigenvalue weighted by Gasteiger charge is 2.30. The first-order valence-electron chi connectivity index (χ1n) is 12.6. The summed E-state index contributed by atoms with van der Waals surface area (Å²) in [6.07, 6.45) is 7.02. The molecule has 2 heterocycles. The maximum Gasteiger partial charge on any atom is 0.161 e. The summed E-state index contributed by atoms with van der Waals surface area (Å²) in [6.45, 7) is 5.16. The van der Waals surface area contributed by atoms with Gasteiger partial charge in [-0.1, -0.05) is 42.5 Å². The quantitative estimate of drug-likeness (QED) is 0.374. The van der Waals surface area contributed by atoms with Crippen molar-refractivity contribution >= 4 is 16.5 Å². The second kappa shape index (κ2) is 9.31. The molecule has 0 amide bonds. The molecule has 4 aromatic rings. The molecule has 1 unspecified atom stereocenters. The topological polar surface area (TPSA) is 29.9 Å². The van der Waals surface area contributed by atoms with Gasteiger partial charge in [0.2, 0.25) is 0 Å². The predicted octanol–water partition coefficient (Wildman–Crippen LogP) is 5.52. The third-order valence-corrected chi connectivity index (χ3v) is 7.73. The van der Waals surface area contributed by atoms with Crippen LogP contribution < -0.4 is 14.4 Å². The number of aromatic nitrogens is 1. The standard InChI is InChI=1S/C30H33N3O2/c1-34-29-13-10-22(18-30(29)35-2)19-31-20-24-7-5-9-27(26(24)21-31)32-14-16-33(17-15-32)28-12-11-23-6-3-4-8-25(23)28/h3-10,13,18,20-21,28H,11-12,14-17,19H2,1-2H3. The van der Waals surface area contributed by atoms with Crippen LogP contribution in [-0.2, 0) is 13.0 Å². The molecule has 6 rings (SSSR count). The van der Waals surface area contributed by atoms with E-state index in [2.05, 4.69) is 81.4 Å². The van der Waals surface area contributed by atoms with Crippen LogP contribution in [0.25, 0.3) is 10.8 Å². The summed E-state index contributed by atoms with van der Waals surface area (Å²) in [5, 5.41) is 2.61. The Bertz CT molecular complexity index is 1340. The molecule has 180 valence electrons. The molecule has 0 bridgehead atoms. The zero-order valence-electron chi connectivity index (χ0n) is 20.6. The monoisotopic (exact) mass is 467 g/mol. The van der Waals surface area contributed by atoms with Gasteiger partial charge < -0.3 is 18.9 Å². The van der Waals surface area contributed by atoms with E-state index in [1.165, 1.54) is 34.9 Å². The number of methoxy groups -OCH3 is 2. The second-order valence-electron chi connectivity index (χ2n) is 9.68. The van der Waals surface area contributed by atoms with Crippen LogP contribution in [0.1, 0.15) is 29.2 Å². The number of hydrogen-bond acceptors (Lipinski definition) is 4. The van der Waals surface area contributed by atoms with E-state index in [4.69, 9.17) is 9.47 Å². The van der Waals surface area contributed by atoms with Gasteiger partial charge in [-0.05, 0) is 47.7 Å². The van der Waals surface area contributed by atoms with Crippen LogP contribution >= 0.6 is 0 Å². The smallest absolute Gasteiger partial charge is 0.161 e. The minimum Gasteiger partial charge on any atom is -0.493 e. The molecule has 1 atom stereocenters. The lowest BCUT2D eigenvalue weighted by molar-refractivity contribution is 0.185. The number of fused-ring (bicyclic) bond motifs is 2. The van der Waals surface area contributed by atoms with E-state index in [9.17, 15) is 0 Å². The molecule has 1 aromatic heterocycles. The summed E-state index contributed by atoms with van der Waals surface area (Å²) in [7, 11) is 3.35. The van der Waals surface area contributed by atoms with Crippen molar-refractivity contribution in [2.24, 2.45) is 0 Å². The van der Waals surface area contributed by atoms with E-state index < -0.39 is 0 Å². The van der Waals surface area contributed by atoms with Gasteiger partial charge in [-0.15, -0.1) is 0 Å². The van der Waals surface area contributed by atoms with E-state index in [1.54, 1.807) is 25.3 Å². The predicted molar refractivity (Wildman–Crippen MR) is 142 cm³/mol. The summed E-state index contributed by atoms with van der Waals surface area (Å²) in [6, 6.07) is 22.4. The lowest BCUT2D eigenvalue weighted by atomic mass is 10.1. The summed E-state index contributed by atoms with van der Waals surface area (Å²) < 4.78 is 13.2. The molecule has 35 heavy (non-hydrogen) atoms. The van der Waals surface area contributed by atoms with Gasteiger partial charge in [0.25, 0.3) is 0 Å². The summed E-state index contributed by atoms with van der Waals surface area (Å²) in [5.74, 6) is 1.53. The van der Waals surface area contributed by atoms with Crippen LogP contribution in [0.3, 0.4) is 0 Å². The van der Waals surface area contributed by atoms with Crippen molar-refractivity contribution in [1.82, 2.24) is 9.47 Å². The second-order valence-corrected chi connectivity index (χ2v) is 9.68. The molecule has 1 aliphatic carbocycles. The first-order valence-corrected chi connectivity index (χ1v) is 12.6. The number of aryl methyl sites for hydroxylation is 1. The molecule has 5 nitrogen and oxygen atoms in total. The molecule has 1 saturated heterocycles. The summed E-state index contributed by atoms with van der Waals surface area (Å²) in [4.78, 5) is 5.27. The van der Waals surface area contributed by atoms with Crippen molar-refractivity contribution < 1.29 is 9.47 Å². The fourth-order valence-corrected chi connectivity index (χ4v) is 5.95. The van der Waals surface area contributed by atoms with Crippen molar-refractivity contribution in [1.29, 1.82) is 0 Å². The normalized spacial score (nSPS) is 18.1. The van der Waals surface area contributed by atoms with E-state index in [0.29, 0.717) is 6.04 Å². The van der Waals surface area contributed by atoms with Crippen LogP contribution in [0.4, 0.5) is 5.69 Å². The fraction of sp³-hybridized carbons (Fsp3) is 0.333. The Morgan fingerprint density at radius 1 is 0.829 bits per heavy atom. The Labute approximate surface area is 207 Å². The van der Waals surface area contributed by atoms with E-state index in [1.807, 2.05) is 6.07 Å². The number of rotatable bonds is 6. The molecule has 3 aromatic carbocycles. The number of nitrogens with zero attached hydrogens (tertiary/aromatic N) is 3. The maximum atomic E-state index is 5.49. The molecule has 1 fully saturated rings. The molecule has 0 spiro atoms. The van der Waals surface area contributed by atoms with Gasteiger partial charge in [0.1, 0.15) is 0 Å². The molecular formula is C30H33N3O2. The van der Waals surface area contributed by atoms with Gasteiger partial charge in [0, 0.05) is 67.6 Å².